The minimum Gasteiger partial charge on any atom is -0.389 e. The molecule has 0 aliphatic rings. The molecule has 0 radical (unpaired) electrons. The van der Waals surface area contributed by atoms with E-state index in [1.54, 1.807) is 20.9 Å². The van der Waals surface area contributed by atoms with Crippen molar-refractivity contribution in [1.29, 1.82) is 0 Å². The molecule has 0 heterocycles. The zero-order valence-corrected chi connectivity index (χ0v) is 8.86. The number of rotatable bonds is 5. The Balaban J connectivity index is 3.82. The Kier molecular flexibility index (Phi) is 4.88. The van der Waals surface area contributed by atoms with E-state index >= 15 is 0 Å². The maximum atomic E-state index is 11.8. The van der Waals surface area contributed by atoms with Crippen molar-refractivity contribution in [2.75, 3.05) is 20.1 Å². The van der Waals surface area contributed by atoms with Gasteiger partial charge in [-0.2, -0.15) is 13.2 Å². The highest BCUT2D eigenvalue weighted by atomic mass is 19.4. The van der Waals surface area contributed by atoms with Gasteiger partial charge in [0.25, 0.3) is 0 Å². The summed E-state index contributed by atoms with van der Waals surface area (Å²) in [5.41, 5.74) is -0.902. The predicted molar refractivity (Wildman–Crippen MR) is 49.1 cm³/mol. The monoisotopic (exact) mass is 213 g/mol. The second kappa shape index (κ2) is 4.98. The number of hydrogen-bond acceptors (Lipinski definition) is 2. The summed E-state index contributed by atoms with van der Waals surface area (Å²) in [6.45, 7) is 3.62. The Bertz CT molecular complexity index is 168. The van der Waals surface area contributed by atoms with Gasteiger partial charge in [0.2, 0.25) is 0 Å². The lowest BCUT2D eigenvalue weighted by atomic mass is 10.0. The average Bonchev–Trinajstić information content (AvgIpc) is 1.99. The quantitative estimate of drug-likeness (QED) is 0.755. The van der Waals surface area contributed by atoms with E-state index in [1.165, 1.54) is 4.90 Å². The number of hydrogen-bond donors (Lipinski definition) is 1. The molecule has 0 aromatic rings. The number of alkyl halides is 3. The Labute approximate surface area is 82.7 Å². The standard InChI is InChI=1S/C9H18F3NO/c1-4-8(2,14)7-13(3)6-5-9(10,11)12/h14H,4-7H2,1-3H3. The van der Waals surface area contributed by atoms with Crippen LogP contribution in [0.1, 0.15) is 26.7 Å². The summed E-state index contributed by atoms with van der Waals surface area (Å²) >= 11 is 0. The molecule has 1 unspecified atom stereocenters. The molecule has 0 aliphatic carbocycles. The molecule has 0 bridgehead atoms. The van der Waals surface area contributed by atoms with Gasteiger partial charge in [0, 0.05) is 13.1 Å². The van der Waals surface area contributed by atoms with E-state index in [2.05, 4.69) is 0 Å². The third-order valence-corrected chi connectivity index (χ3v) is 2.15. The molecule has 0 aromatic carbocycles. The fourth-order valence-corrected chi connectivity index (χ4v) is 1.09. The molecule has 2 nitrogen and oxygen atoms in total. The minimum atomic E-state index is -4.12. The number of halogens is 3. The zero-order chi connectivity index (χ0) is 11.4. The van der Waals surface area contributed by atoms with Gasteiger partial charge in [-0.15, -0.1) is 0 Å². The van der Waals surface area contributed by atoms with Crippen molar-refractivity contribution in [3.63, 3.8) is 0 Å². The fraction of sp³-hybridized carbons (Fsp3) is 1.00. The van der Waals surface area contributed by atoms with E-state index in [1.807, 2.05) is 0 Å². The van der Waals surface area contributed by atoms with Crippen LogP contribution in [0.15, 0.2) is 0 Å². The number of nitrogens with zero attached hydrogens (tertiary/aromatic N) is 1. The van der Waals surface area contributed by atoms with Gasteiger partial charge in [-0.05, 0) is 20.4 Å². The Morgan fingerprint density at radius 3 is 2.14 bits per heavy atom. The maximum Gasteiger partial charge on any atom is 0.390 e. The molecular weight excluding hydrogens is 195 g/mol. The second-order valence-electron chi connectivity index (χ2n) is 3.95. The maximum absolute atomic E-state index is 11.8. The van der Waals surface area contributed by atoms with Crippen LogP contribution in [0, 0.1) is 0 Å². The molecule has 86 valence electrons. The van der Waals surface area contributed by atoms with E-state index in [0.717, 1.165) is 0 Å². The van der Waals surface area contributed by atoms with Crippen LogP contribution < -0.4 is 0 Å². The van der Waals surface area contributed by atoms with Crippen LogP contribution in [0.25, 0.3) is 0 Å². The molecule has 0 aromatic heterocycles. The summed E-state index contributed by atoms with van der Waals surface area (Å²) in [5, 5.41) is 9.60. The van der Waals surface area contributed by atoms with Crippen molar-refractivity contribution in [1.82, 2.24) is 4.90 Å². The third kappa shape index (κ3) is 7.15. The molecular formula is C9H18F3NO. The smallest absolute Gasteiger partial charge is 0.389 e. The first-order chi connectivity index (χ1) is 6.16. The van der Waals surface area contributed by atoms with E-state index in [0.29, 0.717) is 6.42 Å². The number of aliphatic hydroxyl groups is 1. The summed E-state index contributed by atoms with van der Waals surface area (Å²) in [7, 11) is 1.58. The molecule has 14 heavy (non-hydrogen) atoms. The van der Waals surface area contributed by atoms with Gasteiger partial charge in [-0.25, -0.2) is 0 Å². The first kappa shape index (κ1) is 13.7. The molecule has 0 amide bonds. The van der Waals surface area contributed by atoms with Crippen LogP contribution in [0.3, 0.4) is 0 Å². The van der Waals surface area contributed by atoms with Crippen molar-refractivity contribution in [2.45, 2.75) is 38.5 Å². The van der Waals surface area contributed by atoms with Crippen LogP contribution >= 0.6 is 0 Å². The van der Waals surface area contributed by atoms with Crippen molar-refractivity contribution in [3.05, 3.63) is 0 Å². The second-order valence-corrected chi connectivity index (χ2v) is 3.95. The third-order valence-electron chi connectivity index (χ3n) is 2.15. The van der Waals surface area contributed by atoms with Crippen LogP contribution in [0.4, 0.5) is 13.2 Å². The van der Waals surface area contributed by atoms with Gasteiger partial charge in [0.15, 0.2) is 0 Å². The van der Waals surface area contributed by atoms with Crippen molar-refractivity contribution < 1.29 is 18.3 Å². The topological polar surface area (TPSA) is 23.5 Å². The molecule has 0 spiro atoms. The van der Waals surface area contributed by atoms with E-state index in [4.69, 9.17) is 0 Å². The SMILES string of the molecule is CCC(C)(O)CN(C)CCC(F)(F)F. The molecule has 0 saturated heterocycles. The highest BCUT2D eigenvalue weighted by Gasteiger charge is 2.28. The van der Waals surface area contributed by atoms with Crippen LogP contribution in [-0.2, 0) is 0 Å². The van der Waals surface area contributed by atoms with E-state index in [-0.39, 0.29) is 13.1 Å². The van der Waals surface area contributed by atoms with Gasteiger partial charge < -0.3 is 10.0 Å². The molecule has 5 heteroatoms. The zero-order valence-electron chi connectivity index (χ0n) is 8.86. The highest BCUT2D eigenvalue weighted by Crippen LogP contribution is 2.20. The van der Waals surface area contributed by atoms with Gasteiger partial charge >= 0.3 is 6.18 Å². The average molecular weight is 213 g/mol. The molecule has 1 atom stereocenters. The van der Waals surface area contributed by atoms with Crippen LogP contribution in [0.5, 0.6) is 0 Å². The molecule has 0 fully saturated rings. The molecule has 0 rings (SSSR count). The number of likely N-dealkylation sites (N-methyl/N-ethyl adjacent to an activating group) is 1. The lowest BCUT2D eigenvalue weighted by molar-refractivity contribution is -0.138. The minimum absolute atomic E-state index is 0.0698. The summed E-state index contributed by atoms with van der Waals surface area (Å²) in [5.74, 6) is 0. The van der Waals surface area contributed by atoms with E-state index in [9.17, 15) is 18.3 Å². The lowest BCUT2D eigenvalue weighted by Gasteiger charge is -2.28. The molecule has 0 saturated carbocycles. The van der Waals surface area contributed by atoms with Gasteiger partial charge in [-0.3, -0.25) is 0 Å². The van der Waals surface area contributed by atoms with Gasteiger partial charge in [0.05, 0.1) is 12.0 Å². The van der Waals surface area contributed by atoms with Gasteiger partial charge in [0.1, 0.15) is 0 Å². The summed E-state index contributed by atoms with van der Waals surface area (Å²) in [4.78, 5) is 1.50. The van der Waals surface area contributed by atoms with Crippen molar-refractivity contribution in [2.24, 2.45) is 0 Å². The molecule has 0 aliphatic heterocycles. The van der Waals surface area contributed by atoms with Crippen LogP contribution in [0.2, 0.25) is 0 Å². The summed E-state index contributed by atoms with van der Waals surface area (Å²) in [6.07, 6.45) is -4.42. The first-order valence-electron chi connectivity index (χ1n) is 4.64. The summed E-state index contributed by atoms with van der Waals surface area (Å²) < 4.78 is 35.5. The predicted octanol–water partition coefficient (Wildman–Crippen LogP) is 2.03. The highest BCUT2D eigenvalue weighted by molar-refractivity contribution is 4.74. The Hall–Kier alpha value is -0.290. The molecule has 1 N–H and O–H groups in total. The Morgan fingerprint density at radius 1 is 1.29 bits per heavy atom. The summed E-state index contributed by atoms with van der Waals surface area (Å²) in [6, 6.07) is 0. The first-order valence-corrected chi connectivity index (χ1v) is 4.64. The van der Waals surface area contributed by atoms with Crippen molar-refractivity contribution >= 4 is 0 Å². The van der Waals surface area contributed by atoms with Gasteiger partial charge in [-0.1, -0.05) is 6.92 Å². The normalized spacial score (nSPS) is 17.1. The van der Waals surface area contributed by atoms with Crippen LogP contribution in [-0.4, -0.2) is 41.9 Å². The fourth-order valence-electron chi connectivity index (χ4n) is 1.09. The van der Waals surface area contributed by atoms with Crippen molar-refractivity contribution in [3.8, 4) is 0 Å². The lowest BCUT2D eigenvalue weighted by Crippen LogP contribution is -2.39. The Morgan fingerprint density at radius 2 is 1.79 bits per heavy atom. The largest absolute Gasteiger partial charge is 0.390 e. The van der Waals surface area contributed by atoms with E-state index < -0.39 is 18.2 Å².